The first-order chi connectivity index (χ1) is 15.8. The van der Waals surface area contributed by atoms with Crippen LogP contribution in [0.1, 0.15) is 29.7 Å². The van der Waals surface area contributed by atoms with Gasteiger partial charge in [0, 0.05) is 6.54 Å². The Bertz CT molecular complexity index is 1280. The van der Waals surface area contributed by atoms with E-state index in [-0.39, 0.29) is 29.3 Å². The number of fused-ring (bicyclic) bond motifs is 1. The van der Waals surface area contributed by atoms with E-state index >= 15 is 0 Å². The van der Waals surface area contributed by atoms with Crippen LogP contribution in [0.3, 0.4) is 0 Å². The second-order valence-electron chi connectivity index (χ2n) is 8.01. The van der Waals surface area contributed by atoms with Crippen molar-refractivity contribution in [1.82, 2.24) is 5.32 Å². The Kier molecular flexibility index (Phi) is 6.37. The predicted octanol–water partition coefficient (Wildman–Crippen LogP) is 4.14. The number of amides is 1. The molecule has 0 fully saturated rings. The second kappa shape index (κ2) is 9.23. The summed E-state index contributed by atoms with van der Waals surface area (Å²) in [6.45, 7) is 3.72. The van der Waals surface area contributed by atoms with Crippen LogP contribution >= 0.6 is 0 Å². The van der Waals surface area contributed by atoms with Crippen molar-refractivity contribution < 1.29 is 22.3 Å². The minimum Gasteiger partial charge on any atom is -0.484 e. The van der Waals surface area contributed by atoms with Crippen molar-refractivity contribution in [3.63, 3.8) is 0 Å². The maximum absolute atomic E-state index is 13.2. The van der Waals surface area contributed by atoms with Crippen molar-refractivity contribution in [1.29, 1.82) is 0 Å². The molecule has 0 saturated heterocycles. The van der Waals surface area contributed by atoms with Gasteiger partial charge in [-0.2, -0.15) is 0 Å². The molecule has 0 aromatic heterocycles. The molecule has 0 saturated carbocycles. The highest BCUT2D eigenvalue weighted by atomic mass is 32.2. The van der Waals surface area contributed by atoms with Crippen LogP contribution < -0.4 is 14.4 Å². The number of rotatable bonds is 7. The maximum Gasteiger partial charge on any atom is 0.264 e. The molecular formula is C25H25FN2O4S. The van der Waals surface area contributed by atoms with Crippen molar-refractivity contribution in [2.45, 2.75) is 31.2 Å². The highest BCUT2D eigenvalue weighted by molar-refractivity contribution is 7.92. The van der Waals surface area contributed by atoms with Gasteiger partial charge in [-0.15, -0.1) is 0 Å². The predicted molar refractivity (Wildman–Crippen MR) is 124 cm³/mol. The average molecular weight is 469 g/mol. The summed E-state index contributed by atoms with van der Waals surface area (Å²) in [5.41, 5.74) is 3.11. The lowest BCUT2D eigenvalue weighted by Crippen LogP contribution is -2.31. The lowest BCUT2D eigenvalue weighted by atomic mass is 10.1. The Morgan fingerprint density at radius 1 is 1.12 bits per heavy atom. The molecule has 0 radical (unpaired) electrons. The molecule has 3 aromatic carbocycles. The molecule has 3 aromatic rings. The van der Waals surface area contributed by atoms with E-state index in [2.05, 4.69) is 5.32 Å². The van der Waals surface area contributed by atoms with Gasteiger partial charge in [0.25, 0.3) is 15.9 Å². The van der Waals surface area contributed by atoms with E-state index in [0.29, 0.717) is 30.0 Å². The van der Waals surface area contributed by atoms with Crippen LogP contribution in [0.15, 0.2) is 71.6 Å². The van der Waals surface area contributed by atoms with Gasteiger partial charge in [0.15, 0.2) is 6.61 Å². The molecule has 172 valence electrons. The zero-order valence-electron chi connectivity index (χ0n) is 18.4. The minimum absolute atomic E-state index is 0.179. The number of ether oxygens (including phenoxy) is 1. The lowest BCUT2D eigenvalue weighted by Gasteiger charge is -2.20. The number of hydrogen-bond acceptors (Lipinski definition) is 4. The van der Waals surface area contributed by atoms with Crippen molar-refractivity contribution in [2.24, 2.45) is 0 Å². The molecule has 1 heterocycles. The van der Waals surface area contributed by atoms with E-state index in [0.717, 1.165) is 11.1 Å². The van der Waals surface area contributed by atoms with E-state index in [9.17, 15) is 17.6 Å². The van der Waals surface area contributed by atoms with Gasteiger partial charge in [-0.3, -0.25) is 9.10 Å². The molecule has 0 spiro atoms. The molecule has 8 heteroatoms. The number of benzene rings is 3. The van der Waals surface area contributed by atoms with Gasteiger partial charge < -0.3 is 10.1 Å². The van der Waals surface area contributed by atoms with Crippen molar-refractivity contribution in [3.05, 3.63) is 89.2 Å². The summed E-state index contributed by atoms with van der Waals surface area (Å²) in [6, 6.07) is 17.7. The topological polar surface area (TPSA) is 75.7 Å². The summed E-state index contributed by atoms with van der Waals surface area (Å²) in [5.74, 6) is -0.243. The molecule has 1 amide bonds. The number of halogens is 1. The van der Waals surface area contributed by atoms with E-state index in [4.69, 9.17) is 4.74 Å². The van der Waals surface area contributed by atoms with Gasteiger partial charge in [-0.25, -0.2) is 12.8 Å². The molecule has 0 aliphatic carbocycles. The molecule has 0 unspecified atom stereocenters. The Hall–Kier alpha value is -3.39. The van der Waals surface area contributed by atoms with Gasteiger partial charge in [0.05, 0.1) is 16.6 Å². The first-order valence-corrected chi connectivity index (χ1v) is 12.1. The zero-order chi connectivity index (χ0) is 23.6. The van der Waals surface area contributed by atoms with Crippen LogP contribution in [0, 0.1) is 12.7 Å². The third-order valence-electron chi connectivity index (χ3n) is 5.69. The minimum atomic E-state index is -3.70. The largest absolute Gasteiger partial charge is 0.484 e. The summed E-state index contributed by atoms with van der Waals surface area (Å²) in [7, 11) is -3.70. The molecule has 6 nitrogen and oxygen atoms in total. The molecule has 1 aliphatic heterocycles. The van der Waals surface area contributed by atoms with Crippen molar-refractivity contribution >= 4 is 21.6 Å². The van der Waals surface area contributed by atoms with Gasteiger partial charge in [-0.1, -0.05) is 30.3 Å². The first-order valence-electron chi connectivity index (χ1n) is 10.6. The number of sulfonamides is 1. The van der Waals surface area contributed by atoms with Crippen LogP contribution in [-0.4, -0.2) is 27.5 Å². The fourth-order valence-corrected chi connectivity index (χ4v) is 5.48. The van der Waals surface area contributed by atoms with Crippen LogP contribution in [0.2, 0.25) is 0 Å². The molecule has 1 atom stereocenters. The highest BCUT2D eigenvalue weighted by Gasteiger charge is 2.30. The summed E-state index contributed by atoms with van der Waals surface area (Å²) >= 11 is 0. The molecule has 0 bridgehead atoms. The normalized spacial score (nSPS) is 14.0. The fourth-order valence-electron chi connectivity index (χ4n) is 3.89. The number of para-hydroxylation sites is 1. The molecule has 4 rings (SSSR count). The van der Waals surface area contributed by atoms with Crippen molar-refractivity contribution in [2.75, 3.05) is 17.5 Å². The summed E-state index contributed by atoms with van der Waals surface area (Å²) in [6.07, 6.45) is 0.682. The number of hydrogen-bond donors (Lipinski definition) is 1. The highest BCUT2D eigenvalue weighted by Crippen LogP contribution is 2.33. The first kappa shape index (κ1) is 22.8. The van der Waals surface area contributed by atoms with Crippen LogP contribution in [0.25, 0.3) is 0 Å². The Morgan fingerprint density at radius 2 is 1.85 bits per heavy atom. The van der Waals surface area contributed by atoms with Crippen LogP contribution in [-0.2, 0) is 21.2 Å². The summed E-state index contributed by atoms with van der Waals surface area (Å²) in [4.78, 5) is 12.5. The van der Waals surface area contributed by atoms with E-state index in [1.807, 2.05) is 24.3 Å². The van der Waals surface area contributed by atoms with Crippen molar-refractivity contribution in [3.8, 4) is 5.75 Å². The number of carbonyl (C=O) groups is 1. The average Bonchev–Trinajstić information content (AvgIpc) is 3.23. The zero-order valence-corrected chi connectivity index (χ0v) is 19.2. The van der Waals surface area contributed by atoms with E-state index < -0.39 is 10.0 Å². The number of nitrogens with one attached hydrogen (secondary N) is 1. The lowest BCUT2D eigenvalue weighted by molar-refractivity contribution is -0.123. The number of anilines is 1. The molecule has 33 heavy (non-hydrogen) atoms. The maximum atomic E-state index is 13.2. The number of nitrogens with zero attached hydrogens (tertiary/aromatic N) is 1. The standard InChI is InChI=1S/C25H25FN2O4S/c1-17-15-22(33(30,31)28-14-13-20-5-3-4-6-23(20)28)11-12-24(17)32-16-25(29)27-18(2)19-7-9-21(26)10-8-19/h3-12,15,18H,13-14,16H2,1-2H3,(H,27,29)/t18-/m1/s1. The Balaban J connectivity index is 1.41. The Morgan fingerprint density at radius 3 is 2.58 bits per heavy atom. The Labute approximate surface area is 193 Å². The number of aryl methyl sites for hydroxylation is 1. The molecular weight excluding hydrogens is 443 g/mol. The van der Waals surface area contributed by atoms with Gasteiger partial charge in [0.1, 0.15) is 11.6 Å². The SMILES string of the molecule is Cc1cc(S(=O)(=O)N2CCc3ccccc32)ccc1OCC(=O)N[C@H](C)c1ccc(F)cc1. The van der Waals surface area contributed by atoms with E-state index in [1.54, 1.807) is 38.1 Å². The molecule has 1 N–H and O–H groups in total. The third kappa shape index (κ3) is 4.85. The fraction of sp³-hybridized carbons (Fsp3) is 0.240. The van der Waals surface area contributed by atoms with Gasteiger partial charge in [0.2, 0.25) is 0 Å². The summed E-state index contributed by atoms with van der Waals surface area (Å²) in [5, 5.41) is 2.80. The van der Waals surface area contributed by atoms with Crippen LogP contribution in [0.4, 0.5) is 10.1 Å². The number of carbonyl (C=O) groups excluding carboxylic acids is 1. The van der Waals surface area contributed by atoms with E-state index in [1.165, 1.54) is 22.5 Å². The van der Waals surface area contributed by atoms with Crippen LogP contribution in [0.5, 0.6) is 5.75 Å². The monoisotopic (exact) mass is 468 g/mol. The third-order valence-corrected chi connectivity index (χ3v) is 7.49. The quantitative estimate of drug-likeness (QED) is 0.566. The second-order valence-corrected chi connectivity index (χ2v) is 9.87. The molecule has 1 aliphatic rings. The smallest absolute Gasteiger partial charge is 0.264 e. The van der Waals surface area contributed by atoms with Gasteiger partial charge >= 0.3 is 0 Å². The summed E-state index contributed by atoms with van der Waals surface area (Å²) < 4.78 is 46.5. The van der Waals surface area contributed by atoms with Gasteiger partial charge in [-0.05, 0) is 73.4 Å².